The molecule has 0 spiro atoms. The first-order chi connectivity index (χ1) is 12.8. The number of hydrogen-bond acceptors (Lipinski definition) is 7. The van der Waals surface area contributed by atoms with Crippen LogP contribution in [0.3, 0.4) is 0 Å². The van der Waals surface area contributed by atoms with Gasteiger partial charge in [0.1, 0.15) is 11.7 Å². The van der Waals surface area contributed by atoms with Crippen LogP contribution in [0.2, 0.25) is 0 Å². The van der Waals surface area contributed by atoms with Gasteiger partial charge < -0.3 is 19.4 Å². The molecular formula is C18H17N2O6S-. The van der Waals surface area contributed by atoms with Crippen LogP contribution in [-0.2, 0) is 14.4 Å². The Morgan fingerprint density at radius 2 is 2.11 bits per heavy atom. The molecule has 2 rings (SSSR count). The highest BCUT2D eigenvalue weighted by Crippen LogP contribution is 2.30. The van der Waals surface area contributed by atoms with Crippen molar-refractivity contribution < 1.29 is 29.0 Å². The average Bonchev–Trinajstić information content (AvgIpc) is 2.63. The normalized spacial score (nSPS) is 16.7. The summed E-state index contributed by atoms with van der Waals surface area (Å²) in [5, 5.41) is 13.3. The van der Waals surface area contributed by atoms with Crippen LogP contribution < -0.4 is 19.9 Å². The number of hydrogen-bond donors (Lipinski definition) is 1. The molecule has 0 saturated carbocycles. The molecule has 8 nitrogen and oxygen atoms in total. The minimum atomic E-state index is -1.37. The Hall–Kier alpha value is -3.20. The molecule has 1 heterocycles. The monoisotopic (exact) mass is 389 g/mol. The van der Waals surface area contributed by atoms with Gasteiger partial charge in [0.2, 0.25) is 0 Å². The molecule has 2 amide bonds. The number of thiocarbonyl (C=S) groups is 1. The summed E-state index contributed by atoms with van der Waals surface area (Å²) in [7, 11) is 1.38. The van der Waals surface area contributed by atoms with Crippen LogP contribution >= 0.6 is 12.2 Å². The van der Waals surface area contributed by atoms with E-state index in [1.165, 1.54) is 43.2 Å². The van der Waals surface area contributed by atoms with E-state index in [1.807, 2.05) is 0 Å². The third-order valence-corrected chi connectivity index (χ3v) is 3.95. The lowest BCUT2D eigenvalue weighted by Crippen LogP contribution is -2.53. The first-order valence-electron chi connectivity index (χ1n) is 7.83. The van der Waals surface area contributed by atoms with Crippen LogP contribution in [0.4, 0.5) is 0 Å². The highest BCUT2D eigenvalue weighted by molar-refractivity contribution is 7.80. The third-order valence-electron chi connectivity index (χ3n) is 3.63. The van der Waals surface area contributed by atoms with Gasteiger partial charge in [-0.05, 0) is 42.9 Å². The molecule has 0 bridgehead atoms. The topological polar surface area (TPSA) is 108 Å². The SMILES string of the molecule is C=CCN1C(=O)/C(=C/c2ccc(O[C@@H](C)C(=O)[O-])c(OC)c2)C(=O)NC1=S. The molecule has 1 fully saturated rings. The average molecular weight is 389 g/mol. The number of ether oxygens (including phenoxy) is 2. The van der Waals surface area contributed by atoms with E-state index in [9.17, 15) is 19.5 Å². The van der Waals surface area contributed by atoms with Gasteiger partial charge in [-0.3, -0.25) is 19.8 Å². The lowest BCUT2D eigenvalue weighted by molar-refractivity contribution is -0.312. The Balaban J connectivity index is 2.35. The van der Waals surface area contributed by atoms with Crippen molar-refractivity contribution in [3.05, 3.63) is 42.0 Å². The molecule has 1 aromatic rings. The van der Waals surface area contributed by atoms with Crippen LogP contribution in [0.25, 0.3) is 6.08 Å². The first kappa shape index (κ1) is 20.1. The number of carbonyl (C=O) groups is 3. The van der Waals surface area contributed by atoms with Gasteiger partial charge in [0, 0.05) is 6.54 Å². The second-order valence-corrected chi connectivity index (χ2v) is 5.90. The third kappa shape index (κ3) is 4.50. The Kier molecular flexibility index (Phi) is 6.30. The van der Waals surface area contributed by atoms with Crippen LogP contribution in [0.5, 0.6) is 11.5 Å². The van der Waals surface area contributed by atoms with Crippen molar-refractivity contribution in [1.82, 2.24) is 10.2 Å². The van der Waals surface area contributed by atoms with Gasteiger partial charge in [-0.15, -0.1) is 6.58 Å². The smallest absolute Gasteiger partial charge is 0.265 e. The molecule has 1 N–H and O–H groups in total. The minimum Gasteiger partial charge on any atom is -0.546 e. The summed E-state index contributed by atoms with van der Waals surface area (Å²) in [6.07, 6.45) is 1.69. The zero-order valence-corrected chi connectivity index (χ0v) is 15.5. The second-order valence-electron chi connectivity index (χ2n) is 5.51. The molecule has 0 aliphatic carbocycles. The first-order valence-corrected chi connectivity index (χ1v) is 8.24. The van der Waals surface area contributed by atoms with Gasteiger partial charge in [0.05, 0.1) is 13.1 Å². The van der Waals surface area contributed by atoms with Crippen molar-refractivity contribution in [2.24, 2.45) is 0 Å². The van der Waals surface area contributed by atoms with E-state index >= 15 is 0 Å². The predicted octanol–water partition coefficient (Wildman–Crippen LogP) is 0.0251. The van der Waals surface area contributed by atoms with Gasteiger partial charge in [-0.2, -0.15) is 0 Å². The highest BCUT2D eigenvalue weighted by atomic mass is 32.1. The quantitative estimate of drug-likeness (QED) is 0.303. The number of aliphatic carboxylic acids is 1. The fourth-order valence-corrected chi connectivity index (χ4v) is 2.52. The summed E-state index contributed by atoms with van der Waals surface area (Å²) in [5.74, 6) is -2.11. The van der Waals surface area contributed by atoms with Crippen LogP contribution in [0.1, 0.15) is 12.5 Å². The molecule has 0 aromatic heterocycles. The number of rotatable bonds is 7. The fraction of sp³-hybridized carbons (Fsp3) is 0.222. The lowest BCUT2D eigenvalue weighted by atomic mass is 10.1. The molecule has 9 heteroatoms. The molecule has 0 unspecified atom stereocenters. The molecule has 0 radical (unpaired) electrons. The highest BCUT2D eigenvalue weighted by Gasteiger charge is 2.32. The Labute approximate surface area is 161 Å². The van der Waals surface area contributed by atoms with Crippen molar-refractivity contribution >= 4 is 41.2 Å². The summed E-state index contributed by atoms with van der Waals surface area (Å²) in [6, 6.07) is 4.54. The van der Waals surface area contributed by atoms with Gasteiger partial charge in [0.25, 0.3) is 11.8 Å². The van der Waals surface area contributed by atoms with Gasteiger partial charge in [0.15, 0.2) is 16.6 Å². The molecule has 1 atom stereocenters. The van der Waals surface area contributed by atoms with Crippen molar-refractivity contribution in [3.8, 4) is 11.5 Å². The maximum Gasteiger partial charge on any atom is 0.265 e. The zero-order valence-electron chi connectivity index (χ0n) is 14.7. The van der Waals surface area contributed by atoms with E-state index in [2.05, 4.69) is 11.9 Å². The van der Waals surface area contributed by atoms with Crippen molar-refractivity contribution in [2.75, 3.05) is 13.7 Å². The number of carboxylic acid groups (broad SMARTS) is 1. The standard InChI is InChI=1S/C18H18N2O6S/c1-4-7-20-16(22)12(15(21)19-18(20)27)8-11-5-6-13(14(9-11)25-3)26-10(2)17(23)24/h4-6,8-10H,1,7H2,2-3H3,(H,23,24)(H,19,21,27)/p-1/b12-8+/t10-/m0/s1. The fourth-order valence-electron chi connectivity index (χ4n) is 2.27. The molecule has 1 saturated heterocycles. The van der Waals surface area contributed by atoms with Crippen molar-refractivity contribution in [3.63, 3.8) is 0 Å². The van der Waals surface area contributed by atoms with Crippen LogP contribution in [-0.4, -0.2) is 47.6 Å². The largest absolute Gasteiger partial charge is 0.546 e. The molecule has 1 aromatic carbocycles. The van der Waals surface area contributed by atoms with Crippen LogP contribution in [0.15, 0.2) is 36.4 Å². The zero-order chi connectivity index (χ0) is 20.1. The van der Waals surface area contributed by atoms with E-state index in [0.717, 1.165) is 0 Å². The van der Waals surface area contributed by atoms with E-state index in [1.54, 1.807) is 6.07 Å². The van der Waals surface area contributed by atoms with E-state index in [-0.39, 0.29) is 28.7 Å². The molecule has 1 aliphatic rings. The summed E-state index contributed by atoms with van der Waals surface area (Å²) in [4.78, 5) is 36.7. The van der Waals surface area contributed by atoms with Crippen LogP contribution in [0, 0.1) is 0 Å². The summed E-state index contributed by atoms with van der Waals surface area (Å²) >= 11 is 4.99. The minimum absolute atomic E-state index is 0.0136. The summed E-state index contributed by atoms with van der Waals surface area (Å²) in [5.41, 5.74) is 0.370. The summed E-state index contributed by atoms with van der Waals surface area (Å²) < 4.78 is 10.4. The number of benzene rings is 1. The maximum atomic E-state index is 12.5. The van der Waals surface area contributed by atoms with Crippen molar-refractivity contribution in [1.29, 1.82) is 0 Å². The molecule has 142 valence electrons. The number of carboxylic acids is 1. The van der Waals surface area contributed by atoms with Gasteiger partial charge >= 0.3 is 0 Å². The number of amides is 2. The number of carbonyl (C=O) groups excluding carboxylic acids is 3. The number of nitrogens with one attached hydrogen (secondary N) is 1. The Morgan fingerprint density at radius 1 is 1.41 bits per heavy atom. The van der Waals surface area contributed by atoms with Gasteiger partial charge in [-0.1, -0.05) is 12.1 Å². The lowest BCUT2D eigenvalue weighted by Gasteiger charge is -2.27. The molecule has 1 aliphatic heterocycles. The molecule has 27 heavy (non-hydrogen) atoms. The van der Waals surface area contributed by atoms with Gasteiger partial charge in [-0.25, -0.2) is 0 Å². The summed E-state index contributed by atoms with van der Waals surface area (Å²) in [6.45, 7) is 5.04. The Bertz CT molecular complexity index is 848. The van der Waals surface area contributed by atoms with E-state index in [4.69, 9.17) is 21.7 Å². The molecular weight excluding hydrogens is 372 g/mol. The Morgan fingerprint density at radius 3 is 2.70 bits per heavy atom. The predicted molar refractivity (Wildman–Crippen MR) is 98.7 cm³/mol. The van der Waals surface area contributed by atoms with E-state index in [0.29, 0.717) is 5.56 Å². The van der Waals surface area contributed by atoms with E-state index < -0.39 is 23.9 Å². The second kappa shape index (κ2) is 8.45. The number of nitrogens with zero attached hydrogens (tertiary/aromatic N) is 1. The number of methoxy groups -OCH3 is 1. The maximum absolute atomic E-state index is 12.5. The van der Waals surface area contributed by atoms with Crippen molar-refractivity contribution in [2.45, 2.75) is 13.0 Å².